The minimum atomic E-state index is -0.297. The zero-order valence-corrected chi connectivity index (χ0v) is 14.5. The number of aromatic nitrogens is 1. The predicted octanol–water partition coefficient (Wildman–Crippen LogP) is 2.62. The van der Waals surface area contributed by atoms with Gasteiger partial charge in [-0.05, 0) is 31.2 Å². The van der Waals surface area contributed by atoms with Crippen LogP contribution in [0.25, 0.3) is 10.9 Å². The summed E-state index contributed by atoms with van der Waals surface area (Å²) in [4.78, 5) is 15.8. The molecule has 1 amide bonds. The van der Waals surface area contributed by atoms with Crippen LogP contribution in [0.4, 0.5) is 0 Å². The minimum absolute atomic E-state index is 0.0290. The third-order valence-corrected chi connectivity index (χ3v) is 4.41. The van der Waals surface area contributed by atoms with Crippen molar-refractivity contribution in [1.82, 2.24) is 15.6 Å². The number of H-pyrrole nitrogens is 1. The smallest absolute Gasteiger partial charge is 0.237 e. The van der Waals surface area contributed by atoms with E-state index in [0.29, 0.717) is 13.0 Å². The first-order valence-electron chi connectivity index (χ1n) is 8.34. The number of likely N-dealkylation sites (N-methyl/N-ethyl adjacent to an activating group) is 1. The zero-order valence-electron chi connectivity index (χ0n) is 14.5. The Labute approximate surface area is 147 Å². The summed E-state index contributed by atoms with van der Waals surface area (Å²) in [7, 11) is 3.44. The quantitative estimate of drug-likeness (QED) is 0.621. The number of benzene rings is 2. The third-order valence-electron chi connectivity index (χ3n) is 4.41. The first-order chi connectivity index (χ1) is 12.2. The number of hydrogen-bond donors (Lipinski definition) is 3. The Balaban J connectivity index is 1.67. The monoisotopic (exact) mass is 337 g/mol. The van der Waals surface area contributed by atoms with Crippen LogP contribution in [0, 0.1) is 0 Å². The summed E-state index contributed by atoms with van der Waals surface area (Å²) < 4.78 is 5.33. The predicted molar refractivity (Wildman–Crippen MR) is 99.7 cm³/mol. The van der Waals surface area contributed by atoms with Crippen molar-refractivity contribution >= 4 is 16.8 Å². The van der Waals surface area contributed by atoms with Gasteiger partial charge < -0.3 is 20.4 Å². The Kier molecular flexibility index (Phi) is 5.36. The Hall–Kier alpha value is -2.79. The molecule has 0 spiro atoms. The summed E-state index contributed by atoms with van der Waals surface area (Å²) in [6.07, 6.45) is 2.60. The zero-order chi connectivity index (χ0) is 17.6. The number of hydrogen-bond acceptors (Lipinski definition) is 3. The Morgan fingerprint density at radius 2 is 1.88 bits per heavy atom. The van der Waals surface area contributed by atoms with Crippen LogP contribution in [0.15, 0.2) is 54.7 Å². The molecule has 0 aliphatic carbocycles. The van der Waals surface area contributed by atoms with Crippen LogP contribution < -0.4 is 15.4 Å². The van der Waals surface area contributed by atoms with E-state index in [9.17, 15) is 4.79 Å². The molecule has 0 bridgehead atoms. The lowest BCUT2D eigenvalue weighted by atomic mass is 10.0. The van der Waals surface area contributed by atoms with Crippen LogP contribution in [0.2, 0.25) is 0 Å². The number of carbonyl (C=O) groups excluding carboxylic acids is 1. The lowest BCUT2D eigenvalue weighted by molar-refractivity contribution is -0.123. The van der Waals surface area contributed by atoms with E-state index < -0.39 is 0 Å². The Morgan fingerprint density at radius 3 is 2.68 bits per heavy atom. The summed E-state index contributed by atoms with van der Waals surface area (Å²) in [6, 6.07) is 15.5. The maximum absolute atomic E-state index is 12.6. The molecule has 2 aromatic carbocycles. The van der Waals surface area contributed by atoms with E-state index in [2.05, 4.69) is 21.7 Å². The van der Waals surface area contributed by atoms with Gasteiger partial charge in [-0.15, -0.1) is 0 Å². The second-order valence-corrected chi connectivity index (χ2v) is 5.93. The molecule has 0 saturated carbocycles. The standard InChI is InChI=1S/C20H23N3O2/c1-21-18(11-15-13-22-17-9-5-4-8-16(15)17)20(24)23-12-14-7-3-6-10-19(14)25-2/h3-10,13,18,21-22H,11-12H2,1-2H3,(H,23,24)/t18-/m1/s1. The number of rotatable bonds is 7. The van der Waals surface area contributed by atoms with Crippen molar-refractivity contribution in [2.45, 2.75) is 19.0 Å². The highest BCUT2D eigenvalue weighted by atomic mass is 16.5. The van der Waals surface area contributed by atoms with E-state index in [1.165, 1.54) is 0 Å². The lowest BCUT2D eigenvalue weighted by Crippen LogP contribution is -2.43. The molecule has 1 aromatic heterocycles. The lowest BCUT2D eigenvalue weighted by Gasteiger charge is -2.16. The maximum atomic E-state index is 12.6. The van der Waals surface area contributed by atoms with Crippen LogP contribution in [-0.4, -0.2) is 31.1 Å². The van der Waals surface area contributed by atoms with Crippen molar-refractivity contribution in [3.8, 4) is 5.75 Å². The molecule has 0 aliphatic rings. The van der Waals surface area contributed by atoms with Crippen LogP contribution in [-0.2, 0) is 17.8 Å². The molecular formula is C20H23N3O2. The van der Waals surface area contributed by atoms with E-state index in [1.807, 2.05) is 55.7 Å². The van der Waals surface area contributed by atoms with Gasteiger partial charge in [0.2, 0.25) is 5.91 Å². The second-order valence-electron chi connectivity index (χ2n) is 5.93. The molecule has 3 N–H and O–H groups in total. The average molecular weight is 337 g/mol. The van der Waals surface area contributed by atoms with Crippen molar-refractivity contribution in [3.05, 3.63) is 65.9 Å². The van der Waals surface area contributed by atoms with Crippen molar-refractivity contribution in [3.63, 3.8) is 0 Å². The number of nitrogens with one attached hydrogen (secondary N) is 3. The first kappa shape index (κ1) is 17.0. The molecular weight excluding hydrogens is 314 g/mol. The summed E-state index contributed by atoms with van der Waals surface area (Å²) in [5, 5.41) is 7.26. The fourth-order valence-electron chi connectivity index (χ4n) is 3.00. The van der Waals surface area contributed by atoms with Crippen molar-refractivity contribution < 1.29 is 9.53 Å². The molecule has 5 heteroatoms. The largest absolute Gasteiger partial charge is 0.496 e. The number of para-hydroxylation sites is 2. The molecule has 3 aromatic rings. The average Bonchev–Trinajstić information content (AvgIpc) is 3.07. The van der Waals surface area contributed by atoms with Crippen LogP contribution >= 0.6 is 0 Å². The number of methoxy groups -OCH3 is 1. The first-order valence-corrected chi connectivity index (χ1v) is 8.34. The number of fused-ring (bicyclic) bond motifs is 1. The molecule has 130 valence electrons. The van der Waals surface area contributed by atoms with Gasteiger partial charge in [-0.25, -0.2) is 0 Å². The van der Waals surface area contributed by atoms with E-state index in [4.69, 9.17) is 4.74 Å². The molecule has 3 rings (SSSR count). The fraction of sp³-hybridized carbons (Fsp3) is 0.250. The van der Waals surface area contributed by atoms with Crippen molar-refractivity contribution in [2.75, 3.05) is 14.2 Å². The van der Waals surface area contributed by atoms with Crippen LogP contribution in [0.5, 0.6) is 5.75 Å². The van der Waals surface area contributed by atoms with Crippen LogP contribution in [0.1, 0.15) is 11.1 Å². The summed E-state index contributed by atoms with van der Waals surface area (Å²) >= 11 is 0. The minimum Gasteiger partial charge on any atom is -0.496 e. The number of aromatic amines is 1. The molecule has 5 nitrogen and oxygen atoms in total. The number of amides is 1. The molecule has 0 fully saturated rings. The second kappa shape index (κ2) is 7.85. The molecule has 0 saturated heterocycles. The summed E-state index contributed by atoms with van der Waals surface area (Å²) in [6.45, 7) is 0.439. The van der Waals surface area contributed by atoms with E-state index in [1.54, 1.807) is 7.11 Å². The van der Waals surface area contributed by atoms with Gasteiger partial charge in [0.05, 0.1) is 13.2 Å². The van der Waals surface area contributed by atoms with Gasteiger partial charge in [0.25, 0.3) is 0 Å². The SMILES string of the molecule is CN[C@H](Cc1c[nH]c2ccccc12)C(=O)NCc1ccccc1OC. The molecule has 0 unspecified atom stereocenters. The van der Waals surface area contributed by atoms with Gasteiger partial charge in [-0.3, -0.25) is 4.79 Å². The number of carbonyl (C=O) groups is 1. The molecule has 0 aliphatic heterocycles. The van der Waals surface area contributed by atoms with Gasteiger partial charge in [-0.1, -0.05) is 36.4 Å². The highest BCUT2D eigenvalue weighted by molar-refractivity contribution is 5.86. The summed E-state index contributed by atoms with van der Waals surface area (Å²) in [5.74, 6) is 0.749. The van der Waals surface area contributed by atoms with E-state index in [0.717, 1.165) is 27.8 Å². The van der Waals surface area contributed by atoms with Gasteiger partial charge in [0.1, 0.15) is 5.75 Å². The Bertz CT molecular complexity index is 857. The topological polar surface area (TPSA) is 66.2 Å². The van der Waals surface area contributed by atoms with Crippen molar-refractivity contribution in [1.29, 1.82) is 0 Å². The Morgan fingerprint density at radius 1 is 1.12 bits per heavy atom. The van der Waals surface area contributed by atoms with E-state index >= 15 is 0 Å². The van der Waals surface area contributed by atoms with Gasteiger partial charge in [0, 0.05) is 29.2 Å². The van der Waals surface area contributed by atoms with Crippen LogP contribution in [0.3, 0.4) is 0 Å². The van der Waals surface area contributed by atoms with Crippen molar-refractivity contribution in [2.24, 2.45) is 0 Å². The van der Waals surface area contributed by atoms with Gasteiger partial charge >= 0.3 is 0 Å². The molecule has 1 heterocycles. The fourth-order valence-corrected chi connectivity index (χ4v) is 3.00. The maximum Gasteiger partial charge on any atom is 0.237 e. The van der Waals surface area contributed by atoms with Gasteiger partial charge in [0.15, 0.2) is 0 Å². The van der Waals surface area contributed by atoms with Gasteiger partial charge in [-0.2, -0.15) is 0 Å². The third kappa shape index (κ3) is 3.83. The molecule has 1 atom stereocenters. The highest BCUT2D eigenvalue weighted by Gasteiger charge is 2.18. The highest BCUT2D eigenvalue weighted by Crippen LogP contribution is 2.19. The summed E-state index contributed by atoms with van der Waals surface area (Å²) in [5.41, 5.74) is 3.17. The van der Waals surface area contributed by atoms with E-state index in [-0.39, 0.29) is 11.9 Å². The molecule has 25 heavy (non-hydrogen) atoms. The number of ether oxygens (including phenoxy) is 1. The normalized spacial score (nSPS) is 12.1. The molecule has 0 radical (unpaired) electrons.